The lowest BCUT2D eigenvalue weighted by atomic mass is 10.0. The molecule has 0 aliphatic rings. The Labute approximate surface area is 301 Å². The highest BCUT2D eigenvalue weighted by Gasteiger charge is 2.28. The van der Waals surface area contributed by atoms with Gasteiger partial charge in [-0.1, -0.05) is 78.9 Å². The largest absolute Gasteiger partial charge is 0.451 e. The standard InChI is InChI=1S/C37H36N4O7S3/c1-21-8-12-23(13-9-21)19-40-32-34(47-27-16-17-49-36(27)32)30(38-40)25(42)6-4-3-5-7-26(43)31-35-33(37-28(48-35)18-29(50-37)51(44,45)46)41(39-31)20-24-14-10-22(2)11-15-24/h8-18,25-26,42-43H,3-7,19-20H2,1-2H3,(H,44,45,46). The van der Waals surface area contributed by atoms with Crippen molar-refractivity contribution in [3.8, 4) is 0 Å². The highest BCUT2D eigenvalue weighted by atomic mass is 32.3. The van der Waals surface area contributed by atoms with Crippen molar-refractivity contribution in [2.24, 2.45) is 0 Å². The quantitative estimate of drug-likeness (QED) is 0.0776. The van der Waals surface area contributed by atoms with Crippen molar-refractivity contribution in [3.05, 3.63) is 99.7 Å². The minimum Gasteiger partial charge on any atom is -0.451 e. The summed E-state index contributed by atoms with van der Waals surface area (Å²) in [5, 5.41) is 34.2. The van der Waals surface area contributed by atoms with Gasteiger partial charge in [-0.15, -0.1) is 22.7 Å². The lowest BCUT2D eigenvalue weighted by molar-refractivity contribution is 0.149. The number of aryl methyl sites for hydroxylation is 2. The van der Waals surface area contributed by atoms with Crippen LogP contribution >= 0.6 is 22.7 Å². The topological polar surface area (TPSA) is 157 Å². The molecule has 11 nitrogen and oxygen atoms in total. The molecule has 0 spiro atoms. The maximum atomic E-state index is 11.9. The average molecular weight is 745 g/mol. The van der Waals surface area contributed by atoms with Crippen molar-refractivity contribution in [2.75, 3.05) is 0 Å². The molecule has 0 saturated carbocycles. The molecule has 8 rings (SSSR count). The molecule has 0 saturated heterocycles. The number of nitrogens with zero attached hydrogens (tertiary/aromatic N) is 4. The first-order chi connectivity index (χ1) is 24.5. The highest BCUT2D eigenvalue weighted by molar-refractivity contribution is 7.88. The molecule has 0 aliphatic carbocycles. The summed E-state index contributed by atoms with van der Waals surface area (Å²) in [6.45, 7) is 5.02. The Bertz CT molecular complexity index is 2600. The molecule has 0 bridgehead atoms. The van der Waals surface area contributed by atoms with Crippen molar-refractivity contribution in [2.45, 2.75) is 75.5 Å². The van der Waals surface area contributed by atoms with Crippen LogP contribution in [-0.2, 0) is 23.2 Å². The fourth-order valence-electron chi connectivity index (χ4n) is 6.58. The van der Waals surface area contributed by atoms with Crippen molar-refractivity contribution in [1.29, 1.82) is 0 Å². The molecule has 0 radical (unpaired) electrons. The summed E-state index contributed by atoms with van der Waals surface area (Å²) in [7, 11) is -4.41. The number of hydrogen-bond donors (Lipinski definition) is 3. The third kappa shape index (κ3) is 6.52. The number of benzene rings is 2. The second-order valence-electron chi connectivity index (χ2n) is 13.1. The fourth-order valence-corrected chi connectivity index (χ4v) is 9.24. The van der Waals surface area contributed by atoms with Crippen molar-refractivity contribution in [3.63, 3.8) is 0 Å². The van der Waals surface area contributed by atoms with Crippen LogP contribution in [0.25, 0.3) is 42.8 Å². The van der Waals surface area contributed by atoms with Gasteiger partial charge in [0, 0.05) is 6.07 Å². The van der Waals surface area contributed by atoms with E-state index in [4.69, 9.17) is 19.0 Å². The number of thiophene rings is 2. The fraction of sp³-hybridized carbons (Fsp3) is 0.297. The number of unbranched alkanes of at least 4 members (excludes halogenated alkanes) is 2. The summed E-state index contributed by atoms with van der Waals surface area (Å²) in [6.07, 6.45) is 1.32. The first-order valence-corrected chi connectivity index (χ1v) is 19.9. The van der Waals surface area contributed by atoms with Gasteiger partial charge >= 0.3 is 10.1 Å². The van der Waals surface area contributed by atoms with Gasteiger partial charge in [0.15, 0.2) is 15.4 Å². The molecule has 0 fully saturated rings. The van der Waals surface area contributed by atoms with Crippen LogP contribution in [0, 0.1) is 13.8 Å². The summed E-state index contributed by atoms with van der Waals surface area (Å²) in [4.78, 5) is 0. The number of fused-ring (bicyclic) bond motifs is 6. The smallest absolute Gasteiger partial charge is 0.304 e. The molecule has 2 unspecified atom stereocenters. The van der Waals surface area contributed by atoms with E-state index in [9.17, 15) is 23.2 Å². The van der Waals surface area contributed by atoms with E-state index in [0.29, 0.717) is 77.1 Å². The van der Waals surface area contributed by atoms with Crippen LogP contribution in [0.2, 0.25) is 0 Å². The molecule has 6 heterocycles. The minimum atomic E-state index is -4.41. The van der Waals surface area contributed by atoms with E-state index in [2.05, 4.69) is 31.2 Å². The van der Waals surface area contributed by atoms with E-state index >= 15 is 0 Å². The van der Waals surface area contributed by atoms with Gasteiger partial charge < -0.3 is 19.0 Å². The van der Waals surface area contributed by atoms with E-state index in [0.717, 1.165) is 50.2 Å². The zero-order valence-corrected chi connectivity index (χ0v) is 30.4. The molecule has 2 aromatic carbocycles. The maximum Gasteiger partial charge on any atom is 0.304 e. The van der Waals surface area contributed by atoms with Gasteiger partial charge in [-0.25, -0.2) is 0 Å². The van der Waals surface area contributed by atoms with E-state index < -0.39 is 22.3 Å². The SMILES string of the molecule is Cc1ccc(Cn2nc(C(O)CCCCCC(O)c3nn(Cc4ccc(C)cc4)c4c3oc3cc(S(=O)(=O)O)sc34)c3oc4ccsc4c32)cc1. The molecule has 8 aromatic rings. The number of aliphatic hydroxyl groups excluding tert-OH is 2. The van der Waals surface area contributed by atoms with Gasteiger partial charge in [-0.3, -0.25) is 13.9 Å². The van der Waals surface area contributed by atoms with Crippen LogP contribution in [0.15, 0.2) is 79.1 Å². The van der Waals surface area contributed by atoms with E-state index in [1.165, 1.54) is 11.6 Å². The number of aliphatic hydroxyl groups is 2. The second kappa shape index (κ2) is 13.3. The Morgan fingerprint density at radius 2 is 1.24 bits per heavy atom. The van der Waals surface area contributed by atoms with Crippen LogP contribution in [-0.4, -0.2) is 42.7 Å². The number of hydrogen-bond acceptors (Lipinski definition) is 10. The normalized spacial score (nSPS) is 13.7. The molecule has 2 atom stereocenters. The van der Waals surface area contributed by atoms with E-state index in [-0.39, 0.29) is 4.21 Å². The molecule has 0 aliphatic heterocycles. The molecule has 264 valence electrons. The Balaban J connectivity index is 0.961. The lowest BCUT2D eigenvalue weighted by Gasteiger charge is -2.10. The van der Waals surface area contributed by atoms with Crippen LogP contribution in [0.1, 0.15) is 78.0 Å². The van der Waals surface area contributed by atoms with E-state index in [1.54, 1.807) is 16.0 Å². The zero-order chi connectivity index (χ0) is 35.4. The third-order valence-electron chi connectivity index (χ3n) is 9.27. The Morgan fingerprint density at radius 3 is 1.76 bits per heavy atom. The highest BCUT2D eigenvalue weighted by Crippen LogP contribution is 2.41. The van der Waals surface area contributed by atoms with E-state index in [1.807, 2.05) is 47.3 Å². The summed E-state index contributed by atoms with van der Waals surface area (Å²) in [5.41, 5.74) is 8.94. The zero-order valence-electron chi connectivity index (χ0n) is 27.9. The van der Waals surface area contributed by atoms with Crippen molar-refractivity contribution < 1.29 is 32.0 Å². The van der Waals surface area contributed by atoms with Gasteiger partial charge in [-0.05, 0) is 49.3 Å². The molecular formula is C37H36N4O7S3. The minimum absolute atomic E-state index is 0.212. The van der Waals surface area contributed by atoms with Crippen LogP contribution in [0.3, 0.4) is 0 Å². The lowest BCUT2D eigenvalue weighted by Crippen LogP contribution is -2.05. The Hall–Kier alpha value is -4.31. The van der Waals surface area contributed by atoms with Gasteiger partial charge in [0.2, 0.25) is 0 Å². The summed E-state index contributed by atoms with van der Waals surface area (Å²) >= 11 is 2.51. The van der Waals surface area contributed by atoms with Crippen molar-refractivity contribution >= 4 is 75.6 Å². The van der Waals surface area contributed by atoms with Crippen LogP contribution in [0.5, 0.6) is 0 Å². The van der Waals surface area contributed by atoms with Crippen LogP contribution < -0.4 is 0 Å². The van der Waals surface area contributed by atoms with Gasteiger partial charge in [0.25, 0.3) is 0 Å². The first-order valence-electron chi connectivity index (χ1n) is 16.8. The summed E-state index contributed by atoms with van der Waals surface area (Å²) in [6, 6.07) is 19.6. The third-order valence-corrected chi connectivity index (χ3v) is 12.6. The second-order valence-corrected chi connectivity index (χ2v) is 16.8. The summed E-state index contributed by atoms with van der Waals surface area (Å²) in [5.74, 6) is 0. The Morgan fingerprint density at radius 1 is 0.725 bits per heavy atom. The number of furan rings is 2. The first kappa shape index (κ1) is 33.8. The maximum absolute atomic E-state index is 11.9. The van der Waals surface area contributed by atoms with Gasteiger partial charge in [-0.2, -0.15) is 18.6 Å². The number of rotatable bonds is 13. The Kier molecular flexibility index (Phi) is 8.85. The van der Waals surface area contributed by atoms with Crippen LogP contribution in [0.4, 0.5) is 0 Å². The average Bonchev–Trinajstić information content (AvgIpc) is 3.92. The molecule has 14 heteroatoms. The predicted octanol–water partition coefficient (Wildman–Crippen LogP) is 8.68. The number of aromatic nitrogens is 4. The molecule has 6 aromatic heterocycles. The molecule has 51 heavy (non-hydrogen) atoms. The predicted molar refractivity (Wildman–Crippen MR) is 198 cm³/mol. The monoisotopic (exact) mass is 744 g/mol. The molecule has 3 N–H and O–H groups in total. The van der Waals surface area contributed by atoms with Gasteiger partial charge in [0.05, 0.1) is 17.8 Å². The van der Waals surface area contributed by atoms with Gasteiger partial charge in [0.1, 0.15) is 50.5 Å². The summed E-state index contributed by atoms with van der Waals surface area (Å²) < 4.78 is 50.6. The molecule has 0 amide bonds. The molecular weight excluding hydrogens is 709 g/mol. The van der Waals surface area contributed by atoms with Crippen molar-refractivity contribution in [1.82, 2.24) is 19.6 Å².